The number of phenolic OH excluding ortho intramolecular Hbond substituents is 1. The lowest BCUT2D eigenvalue weighted by Crippen LogP contribution is -2.53. The standard InChI is InChI=1S/C22H28N2O2/c1-24(2)22(13-4-3-5-14-22)16-23-21(26)19-8-6-7-18(15-19)17-9-11-20(25)12-10-17/h6-12,15,25H,3-5,13-14,16H2,1-2H3,(H,23,26). The van der Waals surface area contributed by atoms with Crippen LogP contribution in [0, 0.1) is 0 Å². The number of likely N-dealkylation sites (N-methyl/N-ethyl adjacent to an activating group) is 1. The van der Waals surface area contributed by atoms with Crippen molar-refractivity contribution < 1.29 is 9.90 Å². The Labute approximate surface area is 155 Å². The van der Waals surface area contributed by atoms with Gasteiger partial charge in [-0.3, -0.25) is 4.79 Å². The van der Waals surface area contributed by atoms with Crippen LogP contribution < -0.4 is 5.32 Å². The zero-order valence-electron chi connectivity index (χ0n) is 15.7. The molecule has 2 aromatic rings. The molecule has 1 aliphatic carbocycles. The van der Waals surface area contributed by atoms with Crippen LogP contribution in [-0.4, -0.2) is 42.1 Å². The Morgan fingerprint density at radius 3 is 2.38 bits per heavy atom. The van der Waals surface area contributed by atoms with Crippen LogP contribution in [0.3, 0.4) is 0 Å². The van der Waals surface area contributed by atoms with Crippen molar-refractivity contribution in [2.75, 3.05) is 20.6 Å². The first-order valence-corrected chi connectivity index (χ1v) is 9.35. The third-order valence-corrected chi connectivity index (χ3v) is 5.64. The highest BCUT2D eigenvalue weighted by atomic mass is 16.3. The van der Waals surface area contributed by atoms with E-state index < -0.39 is 0 Å². The molecule has 4 heteroatoms. The van der Waals surface area contributed by atoms with Gasteiger partial charge >= 0.3 is 0 Å². The maximum absolute atomic E-state index is 12.7. The Morgan fingerprint density at radius 2 is 1.73 bits per heavy atom. The fourth-order valence-corrected chi connectivity index (χ4v) is 3.83. The summed E-state index contributed by atoms with van der Waals surface area (Å²) in [5, 5.41) is 12.6. The van der Waals surface area contributed by atoms with Crippen LogP contribution in [0.15, 0.2) is 48.5 Å². The second kappa shape index (κ2) is 7.92. The molecular formula is C22H28N2O2. The zero-order chi connectivity index (χ0) is 18.6. The molecule has 26 heavy (non-hydrogen) atoms. The highest BCUT2D eigenvalue weighted by molar-refractivity contribution is 5.95. The molecule has 1 fully saturated rings. The van der Waals surface area contributed by atoms with E-state index in [4.69, 9.17) is 0 Å². The molecule has 0 radical (unpaired) electrons. The number of carbonyl (C=O) groups is 1. The second-order valence-electron chi connectivity index (χ2n) is 7.49. The van der Waals surface area contributed by atoms with Crippen LogP contribution in [0.25, 0.3) is 11.1 Å². The maximum atomic E-state index is 12.7. The largest absolute Gasteiger partial charge is 0.508 e. The molecule has 1 saturated carbocycles. The first-order chi connectivity index (χ1) is 12.5. The van der Waals surface area contributed by atoms with Gasteiger partial charge in [0.25, 0.3) is 5.91 Å². The van der Waals surface area contributed by atoms with Gasteiger partial charge in [-0.15, -0.1) is 0 Å². The molecule has 0 aromatic heterocycles. The fraction of sp³-hybridized carbons (Fsp3) is 0.409. The number of phenols is 1. The lowest BCUT2D eigenvalue weighted by Gasteiger charge is -2.43. The fourth-order valence-electron chi connectivity index (χ4n) is 3.83. The summed E-state index contributed by atoms with van der Waals surface area (Å²) < 4.78 is 0. The smallest absolute Gasteiger partial charge is 0.251 e. The Hall–Kier alpha value is -2.33. The predicted octanol–water partition coefficient (Wildman–Crippen LogP) is 4.05. The highest BCUT2D eigenvalue weighted by Crippen LogP contribution is 2.31. The van der Waals surface area contributed by atoms with E-state index in [0.29, 0.717) is 12.1 Å². The molecule has 0 spiro atoms. The van der Waals surface area contributed by atoms with Crippen LogP contribution in [0.4, 0.5) is 0 Å². The molecule has 3 rings (SSSR count). The number of nitrogens with zero attached hydrogens (tertiary/aromatic N) is 1. The molecule has 1 aliphatic rings. The first-order valence-electron chi connectivity index (χ1n) is 9.35. The van der Waals surface area contributed by atoms with Crippen molar-refractivity contribution in [1.82, 2.24) is 10.2 Å². The minimum absolute atomic E-state index is 0.0302. The average molecular weight is 352 g/mol. The minimum Gasteiger partial charge on any atom is -0.508 e. The highest BCUT2D eigenvalue weighted by Gasteiger charge is 2.34. The monoisotopic (exact) mass is 352 g/mol. The van der Waals surface area contributed by atoms with E-state index in [1.165, 1.54) is 19.3 Å². The molecule has 2 N–H and O–H groups in total. The van der Waals surface area contributed by atoms with Crippen molar-refractivity contribution in [3.63, 3.8) is 0 Å². The molecule has 1 amide bonds. The van der Waals surface area contributed by atoms with Gasteiger partial charge in [0.1, 0.15) is 5.75 Å². The van der Waals surface area contributed by atoms with Crippen LogP contribution in [0.2, 0.25) is 0 Å². The Morgan fingerprint density at radius 1 is 1.04 bits per heavy atom. The van der Waals surface area contributed by atoms with Gasteiger partial charge in [0.05, 0.1) is 0 Å². The summed E-state index contributed by atoms with van der Waals surface area (Å²) in [7, 11) is 4.23. The summed E-state index contributed by atoms with van der Waals surface area (Å²) in [4.78, 5) is 15.0. The number of amides is 1. The number of rotatable bonds is 5. The molecule has 0 bridgehead atoms. The number of hydrogen-bond acceptors (Lipinski definition) is 3. The Balaban J connectivity index is 1.72. The van der Waals surface area contributed by atoms with Gasteiger partial charge in [0.2, 0.25) is 0 Å². The zero-order valence-corrected chi connectivity index (χ0v) is 15.7. The van der Waals surface area contributed by atoms with Crippen molar-refractivity contribution in [3.05, 3.63) is 54.1 Å². The normalized spacial score (nSPS) is 16.4. The SMILES string of the molecule is CN(C)C1(CNC(=O)c2cccc(-c3ccc(O)cc3)c2)CCCCC1. The molecule has 0 unspecified atom stereocenters. The minimum atomic E-state index is -0.0302. The molecule has 0 aliphatic heterocycles. The molecule has 0 heterocycles. The van der Waals surface area contributed by atoms with E-state index in [-0.39, 0.29) is 17.2 Å². The van der Waals surface area contributed by atoms with Gasteiger partial charge in [-0.25, -0.2) is 0 Å². The van der Waals surface area contributed by atoms with Crippen LogP contribution in [0.5, 0.6) is 5.75 Å². The number of nitrogens with one attached hydrogen (secondary N) is 1. The summed E-state index contributed by atoms with van der Waals surface area (Å²) in [6, 6.07) is 14.7. The third kappa shape index (κ3) is 4.07. The van der Waals surface area contributed by atoms with Crippen molar-refractivity contribution in [1.29, 1.82) is 0 Å². The molecule has 0 atom stereocenters. The van der Waals surface area contributed by atoms with Crippen LogP contribution in [0.1, 0.15) is 42.5 Å². The third-order valence-electron chi connectivity index (χ3n) is 5.64. The summed E-state index contributed by atoms with van der Waals surface area (Å²) >= 11 is 0. The molecule has 138 valence electrons. The Bertz CT molecular complexity index is 747. The van der Waals surface area contributed by atoms with Gasteiger partial charge in [0.15, 0.2) is 0 Å². The van der Waals surface area contributed by atoms with Crippen molar-refractivity contribution >= 4 is 5.91 Å². The summed E-state index contributed by atoms with van der Waals surface area (Å²) in [6.07, 6.45) is 6.01. The predicted molar refractivity (Wildman–Crippen MR) is 105 cm³/mol. The number of aromatic hydroxyl groups is 1. The molecule has 0 saturated heterocycles. The maximum Gasteiger partial charge on any atom is 0.251 e. The van der Waals surface area contributed by atoms with Crippen LogP contribution in [-0.2, 0) is 0 Å². The van der Waals surface area contributed by atoms with E-state index in [2.05, 4.69) is 24.3 Å². The summed E-state index contributed by atoms with van der Waals surface area (Å²) in [6.45, 7) is 0.683. The van der Waals surface area contributed by atoms with E-state index in [9.17, 15) is 9.90 Å². The topological polar surface area (TPSA) is 52.6 Å². The molecule has 4 nitrogen and oxygen atoms in total. The van der Waals surface area contributed by atoms with E-state index in [0.717, 1.165) is 24.0 Å². The Kier molecular flexibility index (Phi) is 5.62. The second-order valence-corrected chi connectivity index (χ2v) is 7.49. The van der Waals surface area contributed by atoms with Gasteiger partial charge in [-0.05, 0) is 62.3 Å². The van der Waals surface area contributed by atoms with Crippen molar-refractivity contribution in [3.8, 4) is 16.9 Å². The molecular weight excluding hydrogens is 324 g/mol. The van der Waals surface area contributed by atoms with Crippen molar-refractivity contribution in [2.45, 2.75) is 37.6 Å². The van der Waals surface area contributed by atoms with Crippen molar-refractivity contribution in [2.24, 2.45) is 0 Å². The first kappa shape index (κ1) is 18.5. The van der Waals surface area contributed by atoms with E-state index >= 15 is 0 Å². The lowest BCUT2D eigenvalue weighted by atomic mass is 9.80. The molecule has 2 aromatic carbocycles. The van der Waals surface area contributed by atoms with Gasteiger partial charge in [-0.2, -0.15) is 0 Å². The lowest BCUT2D eigenvalue weighted by molar-refractivity contribution is 0.0799. The summed E-state index contributed by atoms with van der Waals surface area (Å²) in [5.41, 5.74) is 2.69. The summed E-state index contributed by atoms with van der Waals surface area (Å²) in [5.74, 6) is 0.210. The van der Waals surface area contributed by atoms with E-state index in [1.54, 1.807) is 12.1 Å². The average Bonchev–Trinajstić information content (AvgIpc) is 2.67. The number of carbonyl (C=O) groups excluding carboxylic acids is 1. The van der Waals surface area contributed by atoms with Gasteiger partial charge in [0, 0.05) is 17.6 Å². The van der Waals surface area contributed by atoms with Gasteiger partial charge < -0.3 is 15.3 Å². The number of hydrogen-bond donors (Lipinski definition) is 2. The van der Waals surface area contributed by atoms with Gasteiger partial charge in [-0.1, -0.05) is 43.5 Å². The van der Waals surface area contributed by atoms with Crippen LogP contribution >= 0.6 is 0 Å². The van der Waals surface area contributed by atoms with E-state index in [1.807, 2.05) is 36.4 Å². The number of benzene rings is 2. The quantitative estimate of drug-likeness (QED) is 0.853.